The van der Waals surface area contributed by atoms with Gasteiger partial charge in [0.2, 0.25) is 5.91 Å². The minimum atomic E-state index is -2.59. The minimum absolute atomic E-state index is 0.00807. The number of nitrogens with one attached hydrogen (secondary N) is 3. The number of ether oxygens (including phenoxy) is 7. The molecule has 11 rings (SSSR count). The molecule has 6 aliphatic heterocycles. The molecule has 1 unspecified atom stereocenters. The smallest absolute Gasteiger partial charge is 0.338 e. The number of thioether (sulfide) groups is 1. The molecule has 9 aliphatic rings. The Labute approximate surface area is 439 Å². The molecule has 0 radical (unpaired) electrons. The molecule has 2 saturated carbocycles. The van der Waals surface area contributed by atoms with Crippen molar-refractivity contribution in [3.05, 3.63) is 95.6 Å². The van der Waals surface area contributed by atoms with Crippen LogP contribution in [0.5, 0.6) is 0 Å². The number of benzene rings is 2. The molecule has 7 fully saturated rings. The van der Waals surface area contributed by atoms with Crippen LogP contribution in [-0.4, -0.2) is 129 Å². The van der Waals surface area contributed by atoms with Crippen LogP contribution in [0.2, 0.25) is 0 Å². The molecular weight excluding hydrogens is 987 g/mol. The van der Waals surface area contributed by atoms with E-state index >= 15 is 4.79 Å². The monoisotopic (exact) mass is 1050 g/mol. The summed E-state index contributed by atoms with van der Waals surface area (Å²) in [5, 5.41) is 31.0. The van der Waals surface area contributed by atoms with Gasteiger partial charge in [-0.1, -0.05) is 81.0 Å². The van der Waals surface area contributed by atoms with E-state index in [1.54, 1.807) is 81.4 Å². The summed E-state index contributed by atoms with van der Waals surface area (Å²) < 4.78 is 47.5. The molecule has 5 saturated heterocycles. The van der Waals surface area contributed by atoms with Gasteiger partial charge in [-0.15, -0.1) is 0 Å². The lowest BCUT2D eigenvalue weighted by Crippen LogP contribution is -2.76. The molecule has 75 heavy (non-hydrogen) atoms. The van der Waals surface area contributed by atoms with E-state index in [-0.39, 0.29) is 54.4 Å². The lowest BCUT2D eigenvalue weighted by atomic mass is 9.53. The predicted molar refractivity (Wildman–Crippen MR) is 267 cm³/mol. The van der Waals surface area contributed by atoms with Gasteiger partial charge in [0.25, 0.3) is 0 Å². The van der Waals surface area contributed by atoms with E-state index in [2.05, 4.69) is 32.8 Å². The highest BCUT2D eigenvalue weighted by atomic mass is 32.2. The van der Waals surface area contributed by atoms with Crippen LogP contribution >= 0.6 is 11.8 Å². The maximum absolute atomic E-state index is 15.0. The van der Waals surface area contributed by atoms with Gasteiger partial charge in [-0.2, -0.15) is 22.0 Å². The number of Topliss-reactive ketones (excluding diaryl/α,β-unsaturated/α-hetero) is 1. The molecule has 20 heteroatoms. The van der Waals surface area contributed by atoms with Crippen LogP contribution in [0, 0.1) is 17.8 Å². The van der Waals surface area contributed by atoms with E-state index in [0.717, 1.165) is 25.0 Å². The van der Waals surface area contributed by atoms with Gasteiger partial charge in [-0.25, -0.2) is 9.59 Å². The molecule has 4 N–H and O–H groups in total. The maximum Gasteiger partial charge on any atom is 0.338 e. The number of aliphatic hydroxyl groups is 1. The van der Waals surface area contributed by atoms with Crippen molar-refractivity contribution in [1.29, 1.82) is 0 Å². The topological polar surface area (TPSA) is 251 Å². The van der Waals surface area contributed by atoms with Crippen LogP contribution in [0.4, 0.5) is 4.79 Å². The molecule has 2 aromatic rings. The average Bonchev–Trinajstić information content (AvgIpc) is 4.26. The summed E-state index contributed by atoms with van der Waals surface area (Å²) in [4.78, 5) is 81.6. The molecular formula is C55H65N5O14S. The Bertz CT molecular complexity index is 2720. The zero-order valence-corrected chi connectivity index (χ0v) is 43.4. The van der Waals surface area contributed by atoms with Crippen molar-refractivity contribution in [2.24, 2.45) is 28.0 Å². The number of unbranched alkanes of at least 4 members (excludes halogenated alkanes) is 3. The number of fused-ring (bicyclic) bond motifs is 4. The van der Waals surface area contributed by atoms with Crippen molar-refractivity contribution in [3.63, 3.8) is 0 Å². The van der Waals surface area contributed by atoms with Crippen LogP contribution < -0.4 is 16.0 Å². The minimum Gasteiger partial charge on any atom is -0.462 e. The first kappa shape index (κ1) is 51.6. The fourth-order valence-electron chi connectivity index (χ4n) is 13.4. The van der Waals surface area contributed by atoms with E-state index in [1.165, 1.54) is 0 Å². The van der Waals surface area contributed by atoms with Gasteiger partial charge in [0.05, 0.1) is 23.2 Å². The van der Waals surface area contributed by atoms with Crippen LogP contribution in [0.15, 0.2) is 94.7 Å². The SMILES string of the molecule is C=C(C)[C@@]12OC3(c4ccccc4)O[C@@H]1[C@@H]1[C@@H]4O[C@]4(COC(=O)CCCCCNC(=O)CCCC[C@@H]4SC[C@@H]5NC(=O)N[C@@H]54)[C@@H](OC(=O)CCC4(C)N=N4)[C@]4(O)C(=O)C(C)=C[C@H]4[C@@]1(O3)[C@H](C)[C@H]2OC(=O)c1ccccc1. The fraction of sp³-hybridized carbons (Fsp3) is 0.600. The molecule has 3 bridgehead atoms. The van der Waals surface area contributed by atoms with Gasteiger partial charge in [0.1, 0.15) is 24.9 Å². The van der Waals surface area contributed by atoms with Crippen molar-refractivity contribution in [2.45, 2.75) is 168 Å². The largest absolute Gasteiger partial charge is 0.462 e. The standard InChI is InChI=1S/C55H65N5O14S/c1-30(2)53-44(70-47(65)33-17-9-6-10-18-33)32(4)54-37-27-31(3)43(64)52(37,67)48(69-40(63)24-25-50(5)59-60-50)51(45(71-51)41(54)46(53)72-55(73-53,74-54)34-19-11-7-12-20-34)29-68-39(62)23-13-8-16-26-56-38(61)22-15-14-21-36-42-35(28-75-36)57-49(66)58-42/h6-7,9-12,17-20,27,32,35-37,41-42,44-46,48,67H,1,8,13-16,21-26,28-29H2,2-5H3,(H,56,61)(H2,57,58,66)/t32-,35+,36+,37-,41+,42+,44-,45+,46-,48-,51+,52-,53+,54+,55?/m1/s1. The molecule has 400 valence electrons. The van der Waals surface area contributed by atoms with Gasteiger partial charge < -0.3 is 54.2 Å². The van der Waals surface area contributed by atoms with Gasteiger partial charge in [0, 0.05) is 66.5 Å². The lowest BCUT2D eigenvalue weighted by Gasteiger charge is -2.61. The normalized spacial score (nSPS) is 38.4. The molecule has 19 nitrogen and oxygen atoms in total. The van der Waals surface area contributed by atoms with Gasteiger partial charge >= 0.3 is 29.9 Å². The number of urea groups is 1. The van der Waals surface area contributed by atoms with E-state index in [0.29, 0.717) is 48.6 Å². The zero-order valence-electron chi connectivity index (χ0n) is 42.6. The van der Waals surface area contributed by atoms with Crippen molar-refractivity contribution in [3.8, 4) is 0 Å². The van der Waals surface area contributed by atoms with E-state index < -0.39 is 107 Å². The van der Waals surface area contributed by atoms with Crippen LogP contribution in [0.3, 0.4) is 0 Å². The maximum atomic E-state index is 15.0. The van der Waals surface area contributed by atoms with Crippen molar-refractivity contribution >= 4 is 47.4 Å². The fourth-order valence-corrected chi connectivity index (χ4v) is 14.9. The lowest BCUT2D eigenvalue weighted by molar-refractivity contribution is -0.440. The quantitative estimate of drug-likeness (QED) is 0.0295. The second-order valence-electron chi connectivity index (χ2n) is 22.0. The van der Waals surface area contributed by atoms with Crippen LogP contribution in [-0.2, 0) is 58.3 Å². The highest BCUT2D eigenvalue weighted by molar-refractivity contribution is 8.00. The van der Waals surface area contributed by atoms with E-state index in [1.807, 2.05) is 24.8 Å². The summed E-state index contributed by atoms with van der Waals surface area (Å²) in [6.07, 6.45) is 1.21. The Balaban J connectivity index is 0.837. The first-order valence-corrected chi connectivity index (χ1v) is 27.4. The second kappa shape index (κ2) is 19.2. The predicted octanol–water partition coefficient (Wildman–Crippen LogP) is 5.63. The molecule has 3 amide bonds. The van der Waals surface area contributed by atoms with E-state index in [4.69, 9.17) is 33.2 Å². The summed E-state index contributed by atoms with van der Waals surface area (Å²) in [5.41, 5.74) is -7.23. The number of carbonyl (C=O) groups is 6. The highest BCUT2D eigenvalue weighted by Gasteiger charge is 2.91. The third-order valence-corrected chi connectivity index (χ3v) is 18.8. The Kier molecular flexibility index (Phi) is 13.2. The van der Waals surface area contributed by atoms with Crippen LogP contribution in [0.25, 0.3) is 0 Å². The van der Waals surface area contributed by atoms with E-state index in [9.17, 15) is 29.1 Å². The number of amides is 3. The Morgan fingerprint density at radius 1 is 0.893 bits per heavy atom. The van der Waals surface area contributed by atoms with Gasteiger partial charge in [-0.3, -0.25) is 19.2 Å². The first-order valence-electron chi connectivity index (χ1n) is 26.3. The number of carbonyl (C=O) groups excluding carboxylic acids is 6. The number of hydrogen-bond acceptors (Lipinski definition) is 17. The summed E-state index contributed by atoms with van der Waals surface area (Å²) in [7, 11) is 0. The summed E-state index contributed by atoms with van der Waals surface area (Å²) >= 11 is 1.86. The molecule has 15 atom stereocenters. The number of ketones is 1. The number of epoxide rings is 1. The van der Waals surface area contributed by atoms with Crippen molar-refractivity contribution < 1.29 is 67.0 Å². The van der Waals surface area contributed by atoms with Gasteiger partial charge in [-0.05, 0) is 69.7 Å². The van der Waals surface area contributed by atoms with Crippen molar-refractivity contribution in [2.75, 3.05) is 18.9 Å². The zero-order chi connectivity index (χ0) is 52.7. The third kappa shape index (κ3) is 8.52. The Hall–Kier alpha value is -5.51. The number of nitrogens with zero attached hydrogens (tertiary/aromatic N) is 2. The van der Waals surface area contributed by atoms with Crippen molar-refractivity contribution in [1.82, 2.24) is 16.0 Å². The van der Waals surface area contributed by atoms with Crippen LogP contribution in [0.1, 0.15) is 108 Å². The summed E-state index contributed by atoms with van der Waals surface area (Å²) in [6.45, 7) is 11.3. The molecule has 0 spiro atoms. The number of esters is 3. The second-order valence-corrected chi connectivity index (χ2v) is 23.3. The number of hydrogen-bond donors (Lipinski definition) is 4. The highest BCUT2D eigenvalue weighted by Crippen LogP contribution is 2.74. The molecule has 0 aromatic heterocycles. The molecule has 2 aromatic carbocycles. The number of rotatable bonds is 21. The molecule has 6 heterocycles. The third-order valence-electron chi connectivity index (χ3n) is 17.2. The summed E-state index contributed by atoms with van der Waals surface area (Å²) in [6, 6.07) is 17.6. The first-order chi connectivity index (χ1) is 35.9. The average molecular weight is 1050 g/mol. The van der Waals surface area contributed by atoms with Gasteiger partial charge in [0.15, 0.2) is 34.4 Å². The molecule has 3 aliphatic carbocycles. The summed E-state index contributed by atoms with van der Waals surface area (Å²) in [5.74, 6) is -7.08. The Morgan fingerprint density at radius 3 is 2.36 bits per heavy atom. The Morgan fingerprint density at radius 2 is 1.63 bits per heavy atom.